The van der Waals surface area contributed by atoms with E-state index in [0.29, 0.717) is 0 Å². The van der Waals surface area contributed by atoms with Crippen molar-refractivity contribution in [2.45, 2.75) is 34.1 Å². The van der Waals surface area contributed by atoms with Crippen LogP contribution in [0.2, 0.25) is 0 Å². The topological polar surface area (TPSA) is 0 Å². The van der Waals surface area contributed by atoms with Crippen LogP contribution in [0.3, 0.4) is 0 Å². The first-order chi connectivity index (χ1) is 7.33. The second-order valence-electron chi connectivity index (χ2n) is 3.20. The minimum Gasteiger partial charge on any atom is -0.0877 e. The lowest BCUT2D eigenvalue weighted by Gasteiger charge is -1.99. The zero-order valence-electron chi connectivity index (χ0n) is 10.3. The molecule has 0 heteroatoms. The van der Waals surface area contributed by atoms with Gasteiger partial charge >= 0.3 is 0 Å². The van der Waals surface area contributed by atoms with E-state index in [1.54, 1.807) is 0 Å². The summed E-state index contributed by atoms with van der Waals surface area (Å²) in [5, 5.41) is 0. The smallest absolute Gasteiger partial charge is 0.00668 e. The van der Waals surface area contributed by atoms with Gasteiger partial charge in [-0.2, -0.15) is 0 Å². The average molecular weight is 202 g/mol. The molecule has 0 spiro atoms. The highest BCUT2D eigenvalue weighted by molar-refractivity contribution is 5.22. The third kappa shape index (κ3) is 6.73. The SMILES string of the molecule is C/C=C\C=C(\C)Cc1ccccc1.CC. The molecule has 0 aromatic heterocycles. The summed E-state index contributed by atoms with van der Waals surface area (Å²) < 4.78 is 0. The Bertz CT molecular complexity index is 291. The van der Waals surface area contributed by atoms with E-state index < -0.39 is 0 Å². The number of rotatable bonds is 3. The van der Waals surface area contributed by atoms with Gasteiger partial charge in [0.25, 0.3) is 0 Å². The zero-order valence-corrected chi connectivity index (χ0v) is 10.3. The predicted molar refractivity (Wildman–Crippen MR) is 70.1 cm³/mol. The Balaban J connectivity index is 0.000000921. The second-order valence-corrected chi connectivity index (χ2v) is 3.20. The Morgan fingerprint density at radius 1 is 1.13 bits per heavy atom. The molecule has 0 fully saturated rings. The van der Waals surface area contributed by atoms with Crippen molar-refractivity contribution in [1.82, 2.24) is 0 Å². The molecule has 0 radical (unpaired) electrons. The van der Waals surface area contributed by atoms with Crippen LogP contribution in [-0.4, -0.2) is 0 Å². The summed E-state index contributed by atoms with van der Waals surface area (Å²) in [5.74, 6) is 0. The molecular weight excluding hydrogens is 180 g/mol. The van der Waals surface area contributed by atoms with Crippen molar-refractivity contribution >= 4 is 0 Å². The van der Waals surface area contributed by atoms with Gasteiger partial charge in [-0.15, -0.1) is 0 Å². The van der Waals surface area contributed by atoms with E-state index in [-0.39, 0.29) is 0 Å². The van der Waals surface area contributed by atoms with Gasteiger partial charge in [-0.05, 0) is 25.8 Å². The Morgan fingerprint density at radius 3 is 2.27 bits per heavy atom. The van der Waals surface area contributed by atoms with E-state index in [1.807, 2.05) is 20.8 Å². The molecule has 0 aliphatic rings. The van der Waals surface area contributed by atoms with Crippen molar-refractivity contribution in [3.8, 4) is 0 Å². The first-order valence-electron chi connectivity index (χ1n) is 5.65. The second kappa shape index (κ2) is 9.26. The highest BCUT2D eigenvalue weighted by Crippen LogP contribution is 2.06. The summed E-state index contributed by atoms with van der Waals surface area (Å²) in [6.45, 7) is 8.19. The van der Waals surface area contributed by atoms with Gasteiger partial charge in [0, 0.05) is 0 Å². The molecule has 0 unspecified atom stereocenters. The summed E-state index contributed by atoms with van der Waals surface area (Å²) >= 11 is 0. The molecule has 0 nitrogen and oxygen atoms in total. The summed E-state index contributed by atoms with van der Waals surface area (Å²) in [6, 6.07) is 10.5. The molecule has 1 aromatic rings. The van der Waals surface area contributed by atoms with Crippen LogP contribution in [-0.2, 0) is 6.42 Å². The molecule has 15 heavy (non-hydrogen) atoms. The van der Waals surface area contributed by atoms with Gasteiger partial charge in [0.2, 0.25) is 0 Å². The Kier molecular flexibility index (Phi) is 8.46. The number of hydrogen-bond acceptors (Lipinski definition) is 0. The highest BCUT2D eigenvalue weighted by Gasteiger charge is 1.91. The maximum atomic E-state index is 2.16. The van der Waals surface area contributed by atoms with E-state index in [0.717, 1.165) is 6.42 Å². The molecular formula is C15H22. The van der Waals surface area contributed by atoms with Crippen molar-refractivity contribution in [2.75, 3.05) is 0 Å². The molecule has 0 amide bonds. The summed E-state index contributed by atoms with van der Waals surface area (Å²) in [4.78, 5) is 0. The van der Waals surface area contributed by atoms with Crippen LogP contribution >= 0.6 is 0 Å². The van der Waals surface area contributed by atoms with E-state index in [4.69, 9.17) is 0 Å². The first kappa shape index (κ1) is 13.7. The molecule has 0 atom stereocenters. The first-order valence-corrected chi connectivity index (χ1v) is 5.65. The summed E-state index contributed by atoms with van der Waals surface area (Å²) in [6.07, 6.45) is 7.34. The van der Waals surface area contributed by atoms with Gasteiger partial charge in [0.1, 0.15) is 0 Å². The van der Waals surface area contributed by atoms with E-state index >= 15 is 0 Å². The van der Waals surface area contributed by atoms with Gasteiger partial charge in [-0.25, -0.2) is 0 Å². The molecule has 0 saturated carbocycles. The van der Waals surface area contributed by atoms with E-state index in [1.165, 1.54) is 11.1 Å². The van der Waals surface area contributed by atoms with Gasteiger partial charge in [-0.1, -0.05) is 68.0 Å². The molecule has 1 rings (SSSR count). The minimum atomic E-state index is 1.05. The number of benzene rings is 1. The molecule has 0 saturated heterocycles. The maximum absolute atomic E-state index is 2.16. The zero-order chi connectivity index (χ0) is 11.5. The molecule has 0 heterocycles. The Hall–Kier alpha value is -1.30. The van der Waals surface area contributed by atoms with Crippen LogP contribution in [0.5, 0.6) is 0 Å². The summed E-state index contributed by atoms with van der Waals surface area (Å²) in [5.41, 5.74) is 2.77. The largest absolute Gasteiger partial charge is 0.0877 e. The van der Waals surface area contributed by atoms with Crippen molar-refractivity contribution < 1.29 is 0 Å². The third-order valence-electron chi connectivity index (χ3n) is 1.90. The fourth-order valence-electron chi connectivity index (χ4n) is 1.24. The normalized spacial score (nSPS) is 11.1. The third-order valence-corrected chi connectivity index (χ3v) is 1.90. The van der Waals surface area contributed by atoms with Crippen molar-refractivity contribution in [3.63, 3.8) is 0 Å². The Labute approximate surface area is 94.3 Å². The number of hydrogen-bond donors (Lipinski definition) is 0. The van der Waals surface area contributed by atoms with Crippen LogP contribution < -0.4 is 0 Å². The lowest BCUT2D eigenvalue weighted by atomic mass is 10.1. The van der Waals surface area contributed by atoms with Crippen LogP contribution in [0, 0.1) is 0 Å². The predicted octanol–water partition coefficient (Wildman–Crippen LogP) is 4.78. The highest BCUT2D eigenvalue weighted by atomic mass is 14.0. The fourth-order valence-corrected chi connectivity index (χ4v) is 1.24. The van der Waals surface area contributed by atoms with Crippen molar-refractivity contribution in [2.24, 2.45) is 0 Å². The van der Waals surface area contributed by atoms with Crippen LogP contribution in [0.4, 0.5) is 0 Å². The molecule has 1 aromatic carbocycles. The van der Waals surface area contributed by atoms with E-state index in [9.17, 15) is 0 Å². The van der Waals surface area contributed by atoms with Crippen LogP contribution in [0.15, 0.2) is 54.1 Å². The van der Waals surface area contributed by atoms with Gasteiger partial charge in [0.15, 0.2) is 0 Å². The standard InChI is InChI=1S/C13H16.C2H6/c1-3-4-8-12(2)11-13-9-6-5-7-10-13;1-2/h3-10H,11H2,1-2H3;1-2H3/b4-3-,12-8-;. The summed E-state index contributed by atoms with van der Waals surface area (Å²) in [7, 11) is 0. The van der Waals surface area contributed by atoms with Crippen LogP contribution in [0.1, 0.15) is 33.3 Å². The average Bonchev–Trinajstić information content (AvgIpc) is 2.30. The molecule has 0 bridgehead atoms. The molecule has 0 N–H and O–H groups in total. The van der Waals surface area contributed by atoms with E-state index in [2.05, 4.69) is 55.5 Å². The maximum Gasteiger partial charge on any atom is -0.00668 e. The van der Waals surface area contributed by atoms with Crippen molar-refractivity contribution in [1.29, 1.82) is 0 Å². The molecule has 82 valence electrons. The Morgan fingerprint density at radius 2 is 1.73 bits per heavy atom. The fraction of sp³-hybridized carbons (Fsp3) is 0.333. The van der Waals surface area contributed by atoms with Gasteiger partial charge in [0.05, 0.1) is 0 Å². The minimum absolute atomic E-state index is 1.05. The monoisotopic (exact) mass is 202 g/mol. The lowest BCUT2D eigenvalue weighted by Crippen LogP contribution is -1.84. The quantitative estimate of drug-likeness (QED) is 0.619. The van der Waals surface area contributed by atoms with Crippen molar-refractivity contribution in [3.05, 3.63) is 59.7 Å². The molecule has 0 aliphatic heterocycles. The van der Waals surface area contributed by atoms with Crippen LogP contribution in [0.25, 0.3) is 0 Å². The van der Waals surface area contributed by atoms with Gasteiger partial charge < -0.3 is 0 Å². The molecule has 0 aliphatic carbocycles. The van der Waals surface area contributed by atoms with Gasteiger partial charge in [-0.3, -0.25) is 0 Å². The lowest BCUT2D eigenvalue weighted by molar-refractivity contribution is 1.14. The number of allylic oxidation sites excluding steroid dienone is 4.